The number of ether oxygens (including phenoxy) is 1. The van der Waals surface area contributed by atoms with Gasteiger partial charge in [0.2, 0.25) is 0 Å². The van der Waals surface area contributed by atoms with Gasteiger partial charge in [0, 0.05) is 10.8 Å². The van der Waals surface area contributed by atoms with Crippen molar-refractivity contribution < 1.29 is 19.4 Å². The van der Waals surface area contributed by atoms with Crippen LogP contribution in [0.25, 0.3) is 11.1 Å². The molecule has 3 aromatic carbocycles. The minimum atomic E-state index is -0.988. The third kappa shape index (κ3) is 4.59. The summed E-state index contributed by atoms with van der Waals surface area (Å²) < 4.78 is 5.57. The van der Waals surface area contributed by atoms with E-state index in [9.17, 15) is 14.7 Å². The molecule has 1 amide bonds. The molecule has 1 atom stereocenters. The van der Waals surface area contributed by atoms with Gasteiger partial charge in [0.15, 0.2) is 0 Å². The molecule has 2 N–H and O–H groups in total. The van der Waals surface area contributed by atoms with Gasteiger partial charge in [0.1, 0.15) is 6.61 Å². The van der Waals surface area contributed by atoms with Gasteiger partial charge in [-0.2, -0.15) is 0 Å². The van der Waals surface area contributed by atoms with E-state index in [4.69, 9.17) is 4.74 Å². The van der Waals surface area contributed by atoms with Crippen molar-refractivity contribution in [1.29, 1.82) is 0 Å². The van der Waals surface area contributed by atoms with Crippen molar-refractivity contribution in [3.63, 3.8) is 0 Å². The van der Waals surface area contributed by atoms with E-state index in [-0.39, 0.29) is 18.9 Å². The summed E-state index contributed by atoms with van der Waals surface area (Å²) in [6.45, 7) is 0.186. The van der Waals surface area contributed by atoms with Gasteiger partial charge in [-0.15, -0.1) is 11.8 Å². The second-order valence-electron chi connectivity index (χ2n) is 7.39. The molecule has 31 heavy (non-hydrogen) atoms. The van der Waals surface area contributed by atoms with Crippen molar-refractivity contribution in [3.8, 4) is 11.1 Å². The minimum Gasteiger partial charge on any atom is -0.481 e. The zero-order valence-electron chi connectivity index (χ0n) is 17.1. The van der Waals surface area contributed by atoms with E-state index in [0.29, 0.717) is 0 Å². The van der Waals surface area contributed by atoms with Gasteiger partial charge in [0.25, 0.3) is 0 Å². The number of hydrogen-bond donors (Lipinski definition) is 2. The summed E-state index contributed by atoms with van der Waals surface area (Å²) in [5.74, 6) is -1.03. The Bertz CT molecular complexity index is 1050. The highest BCUT2D eigenvalue weighted by atomic mass is 32.2. The highest BCUT2D eigenvalue weighted by Gasteiger charge is 2.29. The molecule has 1 aliphatic carbocycles. The Kier molecular flexibility index (Phi) is 6.28. The first kappa shape index (κ1) is 21.0. The molecular formula is C25H23NO4S. The maximum atomic E-state index is 12.6. The van der Waals surface area contributed by atoms with Crippen molar-refractivity contribution >= 4 is 23.8 Å². The number of carbonyl (C=O) groups excluding carboxylic acids is 1. The Labute approximate surface area is 185 Å². The zero-order chi connectivity index (χ0) is 21.8. The second kappa shape index (κ2) is 9.27. The summed E-state index contributed by atoms with van der Waals surface area (Å²) in [5.41, 5.74) is 5.31. The van der Waals surface area contributed by atoms with E-state index < -0.39 is 18.1 Å². The second-order valence-corrected chi connectivity index (χ2v) is 8.27. The number of amides is 1. The molecule has 0 spiro atoms. The predicted octanol–water partition coefficient (Wildman–Crippen LogP) is 5.46. The first-order chi connectivity index (χ1) is 15.1. The lowest BCUT2D eigenvalue weighted by Crippen LogP contribution is -2.31. The molecular weight excluding hydrogens is 410 g/mol. The Hall–Kier alpha value is -3.25. The summed E-state index contributed by atoms with van der Waals surface area (Å²) in [4.78, 5) is 25.0. The number of fused-ring (bicyclic) bond motifs is 3. The van der Waals surface area contributed by atoms with Crippen LogP contribution in [-0.2, 0) is 9.53 Å². The molecule has 6 heteroatoms. The fourth-order valence-electron chi connectivity index (χ4n) is 4.05. The van der Waals surface area contributed by atoms with Crippen LogP contribution < -0.4 is 5.32 Å². The molecule has 0 unspecified atom stereocenters. The third-order valence-electron chi connectivity index (χ3n) is 5.53. The lowest BCUT2D eigenvalue weighted by Gasteiger charge is -2.19. The highest BCUT2D eigenvalue weighted by Crippen LogP contribution is 2.44. The lowest BCUT2D eigenvalue weighted by molar-refractivity contribution is -0.137. The summed E-state index contributed by atoms with van der Waals surface area (Å²) >= 11 is 1.60. The summed E-state index contributed by atoms with van der Waals surface area (Å²) in [6.07, 6.45) is 1.13. The number of carbonyl (C=O) groups is 2. The van der Waals surface area contributed by atoms with E-state index in [2.05, 4.69) is 29.6 Å². The van der Waals surface area contributed by atoms with E-state index in [0.717, 1.165) is 32.7 Å². The molecule has 0 aliphatic heterocycles. The Morgan fingerprint density at radius 1 is 0.968 bits per heavy atom. The number of carboxylic acid groups (broad SMARTS) is 1. The number of benzene rings is 3. The third-order valence-corrected chi connectivity index (χ3v) is 6.28. The van der Waals surface area contributed by atoms with Crippen LogP contribution in [0.15, 0.2) is 77.7 Å². The largest absolute Gasteiger partial charge is 0.481 e. The van der Waals surface area contributed by atoms with Gasteiger partial charge in [-0.25, -0.2) is 4.79 Å². The van der Waals surface area contributed by atoms with Gasteiger partial charge < -0.3 is 15.2 Å². The van der Waals surface area contributed by atoms with Crippen molar-refractivity contribution in [2.75, 3.05) is 12.9 Å². The van der Waals surface area contributed by atoms with Crippen LogP contribution in [0.3, 0.4) is 0 Å². The van der Waals surface area contributed by atoms with Crippen LogP contribution in [0.4, 0.5) is 4.79 Å². The number of rotatable bonds is 7. The molecule has 158 valence electrons. The molecule has 0 saturated heterocycles. The van der Waals surface area contributed by atoms with Gasteiger partial charge >= 0.3 is 12.1 Å². The summed E-state index contributed by atoms with van der Waals surface area (Å²) in [5, 5.41) is 12.0. The molecule has 0 radical (unpaired) electrons. The molecule has 0 bridgehead atoms. The highest BCUT2D eigenvalue weighted by molar-refractivity contribution is 7.98. The normalized spacial score (nSPS) is 13.2. The van der Waals surface area contributed by atoms with Gasteiger partial charge in [0.05, 0.1) is 12.5 Å². The van der Waals surface area contributed by atoms with E-state index >= 15 is 0 Å². The molecule has 0 heterocycles. The number of nitrogens with one attached hydrogen (secondary N) is 1. The van der Waals surface area contributed by atoms with Crippen molar-refractivity contribution in [1.82, 2.24) is 5.32 Å². The molecule has 0 fully saturated rings. The average molecular weight is 434 g/mol. The van der Waals surface area contributed by atoms with Gasteiger partial charge in [-0.1, -0.05) is 60.7 Å². The van der Waals surface area contributed by atoms with Crippen LogP contribution in [0.5, 0.6) is 0 Å². The van der Waals surface area contributed by atoms with E-state index in [1.165, 1.54) is 0 Å². The number of carboxylic acids is 1. The van der Waals surface area contributed by atoms with Crippen molar-refractivity contribution in [2.24, 2.45) is 0 Å². The van der Waals surface area contributed by atoms with Crippen molar-refractivity contribution in [3.05, 3.63) is 89.5 Å². The maximum absolute atomic E-state index is 12.6. The lowest BCUT2D eigenvalue weighted by atomic mass is 9.98. The number of hydrogen-bond acceptors (Lipinski definition) is 4. The molecule has 0 aromatic heterocycles. The summed E-state index contributed by atoms with van der Waals surface area (Å²) in [6, 6.07) is 23.1. The maximum Gasteiger partial charge on any atom is 0.407 e. The Morgan fingerprint density at radius 2 is 1.55 bits per heavy atom. The van der Waals surface area contributed by atoms with Crippen LogP contribution in [0, 0.1) is 0 Å². The monoisotopic (exact) mass is 433 g/mol. The average Bonchev–Trinajstić information content (AvgIpc) is 3.11. The first-order valence-electron chi connectivity index (χ1n) is 10.0. The quantitative estimate of drug-likeness (QED) is 0.484. The molecule has 1 aliphatic rings. The fraction of sp³-hybridized carbons (Fsp3) is 0.200. The zero-order valence-corrected chi connectivity index (χ0v) is 17.9. The SMILES string of the molecule is CSc1ccc([C@@H](CC(=O)O)NC(=O)OCC2c3ccccc3-c3ccccc32)cc1. The molecule has 5 nitrogen and oxygen atoms in total. The number of thioether (sulfide) groups is 1. The number of aliphatic carboxylic acids is 1. The van der Waals surface area contributed by atoms with Crippen LogP contribution in [-0.4, -0.2) is 30.0 Å². The molecule has 3 aromatic rings. The fourth-order valence-corrected chi connectivity index (χ4v) is 4.45. The number of alkyl carbamates (subject to hydrolysis) is 1. The van der Waals surface area contributed by atoms with Gasteiger partial charge in [-0.05, 0) is 46.2 Å². The summed E-state index contributed by atoms with van der Waals surface area (Å²) in [7, 11) is 0. The first-order valence-corrected chi connectivity index (χ1v) is 11.3. The van der Waals surface area contributed by atoms with E-state index in [1.54, 1.807) is 11.8 Å². The Morgan fingerprint density at radius 3 is 2.10 bits per heavy atom. The topological polar surface area (TPSA) is 75.6 Å². The minimum absolute atomic E-state index is 0.0445. The molecule has 0 saturated carbocycles. The van der Waals surface area contributed by atoms with Crippen LogP contribution in [0.1, 0.15) is 35.1 Å². The van der Waals surface area contributed by atoms with Crippen LogP contribution >= 0.6 is 11.8 Å². The standard InChI is InChI=1S/C25H23NO4S/c1-31-17-12-10-16(11-13-17)23(14-24(27)28)26-25(29)30-15-22-20-8-4-2-6-18(20)19-7-3-5-9-21(19)22/h2-13,22-23H,14-15H2,1H3,(H,26,29)(H,27,28)/t23-/m1/s1. The predicted molar refractivity (Wildman–Crippen MR) is 121 cm³/mol. The smallest absolute Gasteiger partial charge is 0.407 e. The van der Waals surface area contributed by atoms with Crippen molar-refractivity contribution in [2.45, 2.75) is 23.3 Å². The van der Waals surface area contributed by atoms with E-state index in [1.807, 2.05) is 54.8 Å². The van der Waals surface area contributed by atoms with Crippen LogP contribution in [0.2, 0.25) is 0 Å². The van der Waals surface area contributed by atoms with Gasteiger partial charge in [-0.3, -0.25) is 4.79 Å². The molecule has 4 rings (SSSR count). The Balaban J connectivity index is 1.47.